The second kappa shape index (κ2) is 7.45. The van der Waals surface area contributed by atoms with Crippen molar-refractivity contribution in [3.05, 3.63) is 60.3 Å². The van der Waals surface area contributed by atoms with Crippen molar-refractivity contribution < 1.29 is 4.74 Å². The molecule has 0 amide bonds. The molecule has 3 heterocycles. The van der Waals surface area contributed by atoms with Crippen LogP contribution in [0.5, 0.6) is 0 Å². The zero-order chi connectivity index (χ0) is 18.9. The van der Waals surface area contributed by atoms with Crippen LogP contribution in [0.1, 0.15) is 18.4 Å². The minimum Gasteiger partial charge on any atom is -0.377 e. The summed E-state index contributed by atoms with van der Waals surface area (Å²) in [6, 6.07) is 16.8. The first kappa shape index (κ1) is 17.5. The Kier molecular flexibility index (Phi) is 4.66. The number of ether oxygens (including phenoxy) is 1. The van der Waals surface area contributed by atoms with Gasteiger partial charge in [-0.1, -0.05) is 42.1 Å². The van der Waals surface area contributed by atoms with Crippen LogP contribution in [0.3, 0.4) is 0 Å². The smallest absolute Gasteiger partial charge is 0.196 e. The predicted molar refractivity (Wildman–Crippen MR) is 113 cm³/mol. The normalized spacial score (nSPS) is 16.8. The second-order valence-electron chi connectivity index (χ2n) is 7.17. The number of benzene rings is 2. The SMILES string of the molecule is Cc1cccc(-n2c(SCC3CCCO3)nnc2-c2c[nH]c3ccccc23)c1. The van der Waals surface area contributed by atoms with Crippen LogP contribution in [0.2, 0.25) is 0 Å². The molecule has 1 fully saturated rings. The minimum atomic E-state index is 0.309. The van der Waals surface area contributed by atoms with E-state index in [1.165, 1.54) is 5.56 Å². The highest BCUT2D eigenvalue weighted by Gasteiger charge is 2.21. The van der Waals surface area contributed by atoms with Crippen molar-refractivity contribution in [3.8, 4) is 17.1 Å². The molecular weight excluding hydrogens is 368 g/mol. The molecule has 5 nitrogen and oxygen atoms in total. The maximum atomic E-state index is 5.79. The molecule has 2 aromatic carbocycles. The van der Waals surface area contributed by atoms with E-state index in [1.807, 2.05) is 12.3 Å². The summed E-state index contributed by atoms with van der Waals surface area (Å²) in [7, 11) is 0. The van der Waals surface area contributed by atoms with Crippen LogP contribution in [0, 0.1) is 6.92 Å². The topological polar surface area (TPSA) is 55.7 Å². The lowest BCUT2D eigenvalue weighted by atomic mass is 10.1. The maximum Gasteiger partial charge on any atom is 0.196 e. The lowest BCUT2D eigenvalue weighted by Gasteiger charge is -2.12. The molecule has 1 atom stereocenters. The molecule has 142 valence electrons. The van der Waals surface area contributed by atoms with Crippen LogP contribution in [-0.4, -0.2) is 38.2 Å². The number of nitrogens with zero attached hydrogens (tertiary/aromatic N) is 3. The Morgan fingerprint density at radius 3 is 2.96 bits per heavy atom. The van der Waals surface area contributed by atoms with Crippen LogP contribution in [0.4, 0.5) is 0 Å². The number of fused-ring (bicyclic) bond motifs is 1. The molecule has 2 aromatic heterocycles. The van der Waals surface area contributed by atoms with Gasteiger partial charge in [-0.15, -0.1) is 10.2 Å². The number of thioether (sulfide) groups is 1. The van der Waals surface area contributed by atoms with Gasteiger partial charge in [0.1, 0.15) is 0 Å². The van der Waals surface area contributed by atoms with E-state index in [4.69, 9.17) is 4.74 Å². The van der Waals surface area contributed by atoms with Crippen molar-refractivity contribution in [1.29, 1.82) is 0 Å². The van der Waals surface area contributed by atoms with Gasteiger partial charge in [0.05, 0.1) is 6.10 Å². The van der Waals surface area contributed by atoms with Crippen LogP contribution >= 0.6 is 11.8 Å². The molecular formula is C22H22N4OS. The van der Waals surface area contributed by atoms with Crippen molar-refractivity contribution in [2.45, 2.75) is 31.0 Å². The zero-order valence-electron chi connectivity index (χ0n) is 15.8. The highest BCUT2D eigenvalue weighted by molar-refractivity contribution is 7.99. The van der Waals surface area contributed by atoms with E-state index in [1.54, 1.807) is 11.8 Å². The Hall–Kier alpha value is -2.57. The second-order valence-corrected chi connectivity index (χ2v) is 8.16. The summed E-state index contributed by atoms with van der Waals surface area (Å²) in [6.45, 7) is 2.98. The maximum absolute atomic E-state index is 5.79. The molecule has 1 unspecified atom stereocenters. The molecule has 4 aromatic rings. The number of hydrogen-bond donors (Lipinski definition) is 1. The number of aromatic amines is 1. The van der Waals surface area contributed by atoms with Gasteiger partial charge in [-0.2, -0.15) is 0 Å². The van der Waals surface area contributed by atoms with E-state index in [2.05, 4.69) is 69.1 Å². The average Bonchev–Trinajstić information content (AvgIpc) is 3.45. The fourth-order valence-electron chi connectivity index (χ4n) is 3.74. The fourth-order valence-corrected chi connectivity index (χ4v) is 4.75. The van der Waals surface area contributed by atoms with Crippen LogP contribution in [0.25, 0.3) is 28.0 Å². The van der Waals surface area contributed by atoms with Crippen molar-refractivity contribution in [1.82, 2.24) is 19.7 Å². The molecule has 1 saturated heterocycles. The molecule has 28 heavy (non-hydrogen) atoms. The summed E-state index contributed by atoms with van der Waals surface area (Å²) in [5.74, 6) is 1.76. The molecule has 0 radical (unpaired) electrons. The van der Waals surface area contributed by atoms with E-state index < -0.39 is 0 Å². The molecule has 1 N–H and O–H groups in total. The summed E-state index contributed by atoms with van der Waals surface area (Å²) < 4.78 is 7.96. The van der Waals surface area contributed by atoms with Crippen molar-refractivity contribution in [2.75, 3.05) is 12.4 Å². The fraction of sp³-hybridized carbons (Fsp3) is 0.273. The van der Waals surface area contributed by atoms with Gasteiger partial charge in [0.25, 0.3) is 0 Å². The lowest BCUT2D eigenvalue weighted by Crippen LogP contribution is -2.09. The number of hydrogen-bond acceptors (Lipinski definition) is 4. The van der Waals surface area contributed by atoms with Gasteiger partial charge < -0.3 is 9.72 Å². The van der Waals surface area contributed by atoms with E-state index in [0.29, 0.717) is 6.10 Å². The third kappa shape index (κ3) is 3.23. The standard InChI is InChI=1S/C22H22N4OS/c1-15-6-4-7-16(12-15)26-21(19-13-23-20-10-3-2-9-18(19)20)24-25-22(26)28-14-17-8-5-11-27-17/h2-4,6-7,9-10,12-13,17,23H,5,8,11,14H2,1H3. The van der Waals surface area contributed by atoms with Crippen molar-refractivity contribution in [2.24, 2.45) is 0 Å². The van der Waals surface area contributed by atoms with E-state index >= 15 is 0 Å². The molecule has 1 aliphatic heterocycles. The first-order valence-electron chi connectivity index (χ1n) is 9.63. The average molecular weight is 391 g/mol. The van der Waals surface area contributed by atoms with E-state index in [0.717, 1.165) is 58.3 Å². The zero-order valence-corrected chi connectivity index (χ0v) is 16.6. The molecule has 5 rings (SSSR count). The number of H-pyrrole nitrogens is 1. The third-order valence-electron chi connectivity index (χ3n) is 5.15. The van der Waals surface area contributed by atoms with Gasteiger partial charge in [0.15, 0.2) is 11.0 Å². The van der Waals surface area contributed by atoms with Crippen LogP contribution < -0.4 is 0 Å². The number of nitrogens with one attached hydrogen (secondary N) is 1. The van der Waals surface area contributed by atoms with Gasteiger partial charge >= 0.3 is 0 Å². The number of aromatic nitrogens is 4. The molecule has 0 bridgehead atoms. The van der Waals surface area contributed by atoms with E-state index in [-0.39, 0.29) is 0 Å². The summed E-state index contributed by atoms with van der Waals surface area (Å²) >= 11 is 1.72. The summed E-state index contributed by atoms with van der Waals surface area (Å²) in [5.41, 5.74) is 4.46. The Morgan fingerprint density at radius 2 is 2.11 bits per heavy atom. The van der Waals surface area contributed by atoms with Gasteiger partial charge in [-0.25, -0.2) is 0 Å². The van der Waals surface area contributed by atoms with Crippen LogP contribution in [-0.2, 0) is 4.74 Å². The molecule has 0 saturated carbocycles. The van der Waals surface area contributed by atoms with Crippen molar-refractivity contribution >= 4 is 22.7 Å². The van der Waals surface area contributed by atoms with Crippen LogP contribution in [0.15, 0.2) is 59.9 Å². The summed E-state index contributed by atoms with van der Waals surface area (Å²) in [5, 5.41) is 11.2. The Labute approximate surface area is 168 Å². The highest BCUT2D eigenvalue weighted by Crippen LogP contribution is 2.33. The van der Waals surface area contributed by atoms with Crippen molar-refractivity contribution in [3.63, 3.8) is 0 Å². The largest absolute Gasteiger partial charge is 0.377 e. The number of para-hydroxylation sites is 1. The number of aryl methyl sites for hydroxylation is 1. The predicted octanol–water partition coefficient (Wildman–Crippen LogP) is 5.00. The molecule has 0 aliphatic carbocycles. The first-order chi connectivity index (χ1) is 13.8. The minimum absolute atomic E-state index is 0.309. The molecule has 0 spiro atoms. The Bertz CT molecular complexity index is 1110. The summed E-state index contributed by atoms with van der Waals surface area (Å²) in [4.78, 5) is 3.35. The van der Waals surface area contributed by atoms with Gasteiger partial charge in [-0.3, -0.25) is 4.57 Å². The number of rotatable bonds is 5. The lowest BCUT2D eigenvalue weighted by molar-refractivity contribution is 0.129. The first-order valence-corrected chi connectivity index (χ1v) is 10.6. The Morgan fingerprint density at radius 1 is 1.18 bits per heavy atom. The van der Waals surface area contributed by atoms with Gasteiger partial charge in [0.2, 0.25) is 0 Å². The monoisotopic (exact) mass is 390 g/mol. The quantitative estimate of drug-likeness (QED) is 0.488. The third-order valence-corrected chi connectivity index (χ3v) is 6.21. The summed E-state index contributed by atoms with van der Waals surface area (Å²) in [6.07, 6.45) is 4.61. The molecule has 6 heteroatoms. The van der Waals surface area contributed by atoms with E-state index in [9.17, 15) is 0 Å². The Balaban J connectivity index is 1.60. The van der Waals surface area contributed by atoms with Gasteiger partial charge in [-0.05, 0) is 43.5 Å². The van der Waals surface area contributed by atoms with Gasteiger partial charge in [0, 0.05) is 40.7 Å². The highest BCUT2D eigenvalue weighted by atomic mass is 32.2. The molecule has 1 aliphatic rings.